The second-order valence-corrected chi connectivity index (χ2v) is 9.17. The number of hydrogen-bond acceptors (Lipinski definition) is 3. The van der Waals surface area contributed by atoms with Crippen LogP contribution in [0.2, 0.25) is 0 Å². The minimum absolute atomic E-state index is 0.144. The second kappa shape index (κ2) is 23.3. The van der Waals surface area contributed by atoms with Crippen molar-refractivity contribution in [2.75, 3.05) is 0 Å². The van der Waals surface area contributed by atoms with E-state index in [-0.39, 0.29) is 5.97 Å². The van der Waals surface area contributed by atoms with Crippen LogP contribution >= 0.6 is 0 Å². The molecule has 1 aliphatic rings. The Hall–Kier alpha value is -1.32. The van der Waals surface area contributed by atoms with E-state index in [0.717, 1.165) is 25.7 Å². The average Bonchev–Trinajstić information content (AvgIpc) is 2.74. The van der Waals surface area contributed by atoms with E-state index in [1.165, 1.54) is 122 Å². The monoisotopic (exact) mass is 438 g/mol. The molecule has 4 nitrogen and oxygen atoms in total. The summed E-state index contributed by atoms with van der Waals surface area (Å²) >= 11 is 0. The van der Waals surface area contributed by atoms with Crippen molar-refractivity contribution in [3.63, 3.8) is 0 Å². The molecule has 0 aromatic heterocycles. The van der Waals surface area contributed by atoms with Gasteiger partial charge in [-0.2, -0.15) is 0 Å². The van der Waals surface area contributed by atoms with Gasteiger partial charge in [0.05, 0.1) is 6.26 Å². The molecule has 0 heterocycles. The van der Waals surface area contributed by atoms with E-state index in [4.69, 9.17) is 14.6 Å². The summed E-state index contributed by atoms with van der Waals surface area (Å²) in [4.78, 5) is 20.1. The molecule has 182 valence electrons. The fourth-order valence-corrected chi connectivity index (χ4v) is 4.45. The molecule has 31 heavy (non-hydrogen) atoms. The molecular weight excluding hydrogens is 388 g/mol. The van der Waals surface area contributed by atoms with Crippen LogP contribution in [-0.4, -0.2) is 17.0 Å². The van der Waals surface area contributed by atoms with Gasteiger partial charge in [0.15, 0.2) is 0 Å². The number of carbonyl (C=O) groups excluding carboxylic acids is 1. The first kappa shape index (κ1) is 29.7. The number of esters is 1. The van der Waals surface area contributed by atoms with Crippen molar-refractivity contribution < 1.29 is 19.4 Å². The van der Waals surface area contributed by atoms with Gasteiger partial charge in [0.25, 0.3) is 5.97 Å². The Morgan fingerprint density at radius 2 is 1.16 bits per heavy atom. The van der Waals surface area contributed by atoms with Crippen LogP contribution in [0.4, 0.5) is 0 Å². The first-order valence-electron chi connectivity index (χ1n) is 13.1. The second-order valence-electron chi connectivity index (χ2n) is 9.17. The topological polar surface area (TPSA) is 63.6 Å². The Morgan fingerprint density at radius 1 is 0.774 bits per heavy atom. The summed E-state index contributed by atoms with van der Waals surface area (Å²) in [6.45, 7) is 4.48. The number of unbranched alkanes of at least 4 members (excludes halogenated alkanes) is 13. The molecule has 1 aliphatic carbocycles. The van der Waals surface area contributed by atoms with Gasteiger partial charge < -0.3 is 9.84 Å². The first-order valence-corrected chi connectivity index (χ1v) is 13.1. The van der Waals surface area contributed by atoms with Crippen molar-refractivity contribution in [3.8, 4) is 0 Å². The number of hydrogen-bond donors (Lipinski definition) is 1. The highest BCUT2D eigenvalue weighted by atomic mass is 16.5. The smallest absolute Gasteiger partial charge is 0.310 e. The maximum absolute atomic E-state index is 11.1. The molecule has 4 heteroatoms. The van der Waals surface area contributed by atoms with Crippen LogP contribution in [0.25, 0.3) is 0 Å². The normalized spacial score (nSPS) is 13.8. The zero-order valence-corrected chi connectivity index (χ0v) is 20.4. The number of carboxylic acids is 1. The lowest BCUT2D eigenvalue weighted by atomic mass is 9.85. The van der Waals surface area contributed by atoms with Gasteiger partial charge in [-0.1, -0.05) is 129 Å². The minimum atomic E-state index is -0.833. The van der Waals surface area contributed by atoms with Gasteiger partial charge in [-0.05, 0) is 12.3 Å². The molecule has 0 bridgehead atoms. The SMILES string of the molecule is C=COC(=O)CCCCCCCCCCCCCCCCC1CCCCC1.CC(=O)O. The highest BCUT2D eigenvalue weighted by Crippen LogP contribution is 2.28. The molecule has 0 amide bonds. The third-order valence-corrected chi connectivity index (χ3v) is 6.18. The minimum Gasteiger partial charge on any atom is -0.481 e. The number of rotatable bonds is 18. The number of carboxylic acid groups (broad SMARTS) is 1. The zero-order valence-electron chi connectivity index (χ0n) is 20.4. The average molecular weight is 439 g/mol. The summed E-state index contributed by atoms with van der Waals surface area (Å²) in [6.07, 6.45) is 29.8. The maximum Gasteiger partial charge on any atom is 0.310 e. The summed E-state index contributed by atoms with van der Waals surface area (Å²) in [5.41, 5.74) is 0. The van der Waals surface area contributed by atoms with Gasteiger partial charge in [-0.3, -0.25) is 9.59 Å². The highest BCUT2D eigenvalue weighted by Gasteiger charge is 2.12. The summed E-state index contributed by atoms with van der Waals surface area (Å²) in [5, 5.41) is 7.42. The standard InChI is InChI=1S/C25H46O2.C2H4O2/c1-2-27-25(26)23-19-14-12-10-8-6-4-3-5-7-9-11-13-16-20-24-21-17-15-18-22-24;1-2(3)4/h2,24H,1,3-23H2;1H3,(H,3,4). The summed E-state index contributed by atoms with van der Waals surface area (Å²) in [5.74, 6) is 0.0988. The number of carbonyl (C=O) groups is 2. The number of aliphatic carboxylic acids is 1. The predicted molar refractivity (Wildman–Crippen MR) is 130 cm³/mol. The Kier molecular flexibility index (Phi) is 22.4. The lowest BCUT2D eigenvalue weighted by Gasteiger charge is -2.21. The summed E-state index contributed by atoms with van der Waals surface area (Å²) in [6, 6.07) is 0. The van der Waals surface area contributed by atoms with Crippen molar-refractivity contribution in [1.29, 1.82) is 0 Å². The quantitative estimate of drug-likeness (QED) is 0.132. The Balaban J connectivity index is 0.00000206. The van der Waals surface area contributed by atoms with E-state index >= 15 is 0 Å². The molecule has 0 aliphatic heterocycles. The molecule has 1 N–H and O–H groups in total. The summed E-state index contributed by atoms with van der Waals surface area (Å²) < 4.78 is 4.71. The van der Waals surface area contributed by atoms with Gasteiger partial charge in [-0.15, -0.1) is 0 Å². The van der Waals surface area contributed by atoms with Gasteiger partial charge in [0, 0.05) is 13.3 Å². The van der Waals surface area contributed by atoms with Crippen LogP contribution in [0.15, 0.2) is 12.8 Å². The van der Waals surface area contributed by atoms with Crippen molar-refractivity contribution in [2.24, 2.45) is 5.92 Å². The van der Waals surface area contributed by atoms with E-state index in [2.05, 4.69) is 6.58 Å². The van der Waals surface area contributed by atoms with Crippen LogP contribution < -0.4 is 0 Å². The van der Waals surface area contributed by atoms with E-state index in [1.807, 2.05) is 0 Å². The lowest BCUT2D eigenvalue weighted by Crippen LogP contribution is -2.05. The fraction of sp³-hybridized carbons (Fsp3) is 0.852. The van der Waals surface area contributed by atoms with Crippen LogP contribution in [0, 0.1) is 5.92 Å². The molecule has 0 spiro atoms. The number of ether oxygens (including phenoxy) is 1. The van der Waals surface area contributed by atoms with Crippen molar-refractivity contribution in [3.05, 3.63) is 12.8 Å². The van der Waals surface area contributed by atoms with Crippen LogP contribution in [0.5, 0.6) is 0 Å². The van der Waals surface area contributed by atoms with Crippen molar-refractivity contribution in [1.82, 2.24) is 0 Å². The maximum atomic E-state index is 11.1. The van der Waals surface area contributed by atoms with Crippen LogP contribution in [0.3, 0.4) is 0 Å². The first-order chi connectivity index (χ1) is 15.1. The molecule has 1 saturated carbocycles. The molecule has 0 radical (unpaired) electrons. The van der Waals surface area contributed by atoms with Crippen LogP contribution in [0.1, 0.15) is 142 Å². The lowest BCUT2D eigenvalue weighted by molar-refractivity contribution is -0.138. The van der Waals surface area contributed by atoms with E-state index < -0.39 is 5.97 Å². The van der Waals surface area contributed by atoms with Gasteiger partial charge in [-0.25, -0.2) is 0 Å². The largest absolute Gasteiger partial charge is 0.481 e. The Labute approximate surface area is 192 Å². The molecule has 0 atom stereocenters. The Bertz CT molecular complexity index is 423. The van der Waals surface area contributed by atoms with E-state index in [1.54, 1.807) is 0 Å². The van der Waals surface area contributed by atoms with Crippen molar-refractivity contribution >= 4 is 11.9 Å². The van der Waals surface area contributed by atoms with Gasteiger partial charge in [0.1, 0.15) is 0 Å². The van der Waals surface area contributed by atoms with Crippen molar-refractivity contribution in [2.45, 2.75) is 142 Å². The molecule has 0 saturated heterocycles. The van der Waals surface area contributed by atoms with E-state index in [0.29, 0.717) is 6.42 Å². The highest BCUT2D eigenvalue weighted by molar-refractivity contribution is 5.69. The molecular formula is C27H50O4. The van der Waals surface area contributed by atoms with Gasteiger partial charge in [0.2, 0.25) is 0 Å². The molecule has 0 aromatic carbocycles. The third-order valence-electron chi connectivity index (χ3n) is 6.18. The molecule has 0 aromatic rings. The predicted octanol–water partition coefficient (Wildman–Crippen LogP) is 8.59. The Morgan fingerprint density at radius 3 is 1.58 bits per heavy atom. The van der Waals surface area contributed by atoms with E-state index in [9.17, 15) is 4.79 Å². The zero-order chi connectivity index (χ0) is 23.0. The van der Waals surface area contributed by atoms with Gasteiger partial charge >= 0.3 is 5.97 Å². The molecule has 1 rings (SSSR count). The molecule has 0 unspecified atom stereocenters. The summed E-state index contributed by atoms with van der Waals surface area (Å²) in [7, 11) is 0. The van der Waals surface area contributed by atoms with Crippen LogP contribution in [-0.2, 0) is 14.3 Å². The fourth-order valence-electron chi connectivity index (χ4n) is 4.45. The third kappa shape index (κ3) is 24.8. The molecule has 1 fully saturated rings.